The zero-order valence-electron chi connectivity index (χ0n) is 17.7. The van der Waals surface area contributed by atoms with Gasteiger partial charge in [0.2, 0.25) is 11.8 Å². The average Bonchev–Trinajstić information content (AvgIpc) is 2.80. The summed E-state index contributed by atoms with van der Waals surface area (Å²) in [5, 5.41) is 8.51. The van der Waals surface area contributed by atoms with Crippen molar-refractivity contribution in [2.45, 2.75) is 19.4 Å². The molecule has 0 fully saturated rings. The van der Waals surface area contributed by atoms with Crippen molar-refractivity contribution in [2.75, 3.05) is 22.1 Å². The van der Waals surface area contributed by atoms with Crippen LogP contribution in [0.2, 0.25) is 0 Å². The number of hydrogen-bond acceptors (Lipinski definition) is 3. The Morgan fingerprint density at radius 3 is 2.44 bits per heavy atom. The van der Waals surface area contributed by atoms with E-state index >= 15 is 0 Å². The molecule has 0 aromatic heterocycles. The number of para-hydroxylation sites is 3. The second kappa shape index (κ2) is 9.34. The van der Waals surface area contributed by atoms with Gasteiger partial charge in [-0.3, -0.25) is 14.5 Å². The molecule has 1 unspecified atom stereocenters. The second-order valence-electron chi connectivity index (χ2n) is 7.65. The van der Waals surface area contributed by atoms with Crippen LogP contribution < -0.4 is 20.9 Å². The summed E-state index contributed by atoms with van der Waals surface area (Å²) in [7, 11) is 0. The van der Waals surface area contributed by atoms with Crippen molar-refractivity contribution in [2.24, 2.45) is 0 Å². The van der Waals surface area contributed by atoms with Gasteiger partial charge in [-0.05, 0) is 36.2 Å². The highest BCUT2D eigenvalue weighted by atomic mass is 16.2. The lowest BCUT2D eigenvalue weighted by atomic mass is 10.0. The topological polar surface area (TPSA) is 90.5 Å². The molecule has 32 heavy (non-hydrogen) atoms. The van der Waals surface area contributed by atoms with Crippen molar-refractivity contribution in [3.05, 3.63) is 90.0 Å². The molecular weight excluding hydrogens is 404 g/mol. The fourth-order valence-electron chi connectivity index (χ4n) is 3.63. The maximum Gasteiger partial charge on any atom is 0.323 e. The molecule has 3 aromatic rings. The summed E-state index contributed by atoms with van der Waals surface area (Å²) in [6.45, 7) is 1.78. The van der Waals surface area contributed by atoms with Gasteiger partial charge in [0, 0.05) is 12.1 Å². The second-order valence-corrected chi connectivity index (χ2v) is 7.65. The fraction of sp³-hybridized carbons (Fsp3) is 0.160. The number of carbonyl (C=O) groups is 3. The zero-order valence-corrected chi connectivity index (χ0v) is 17.7. The monoisotopic (exact) mass is 428 g/mol. The number of urea groups is 1. The van der Waals surface area contributed by atoms with Crippen molar-refractivity contribution >= 4 is 34.9 Å². The van der Waals surface area contributed by atoms with Gasteiger partial charge in [-0.15, -0.1) is 0 Å². The summed E-state index contributed by atoms with van der Waals surface area (Å²) >= 11 is 0. The fourth-order valence-corrected chi connectivity index (χ4v) is 3.63. The van der Waals surface area contributed by atoms with E-state index in [-0.39, 0.29) is 18.4 Å². The van der Waals surface area contributed by atoms with E-state index in [0.717, 1.165) is 11.1 Å². The molecule has 162 valence electrons. The number of nitrogens with zero attached hydrogens (tertiary/aromatic N) is 1. The summed E-state index contributed by atoms with van der Waals surface area (Å²) < 4.78 is 0. The predicted molar refractivity (Wildman–Crippen MR) is 125 cm³/mol. The normalized spacial score (nSPS) is 13.5. The van der Waals surface area contributed by atoms with E-state index in [1.165, 1.54) is 4.90 Å². The molecule has 0 spiro atoms. The molecule has 3 aromatic carbocycles. The maximum absolute atomic E-state index is 13.2. The molecule has 1 heterocycles. The predicted octanol–water partition coefficient (Wildman–Crippen LogP) is 3.71. The van der Waals surface area contributed by atoms with Crippen molar-refractivity contribution < 1.29 is 14.4 Å². The van der Waals surface area contributed by atoms with Gasteiger partial charge in [0.15, 0.2) is 0 Å². The maximum atomic E-state index is 13.2. The lowest BCUT2D eigenvalue weighted by Crippen LogP contribution is -2.53. The van der Waals surface area contributed by atoms with E-state index in [4.69, 9.17) is 0 Å². The van der Waals surface area contributed by atoms with Crippen LogP contribution in [0.15, 0.2) is 78.9 Å². The third kappa shape index (κ3) is 4.78. The number of anilines is 3. The van der Waals surface area contributed by atoms with Gasteiger partial charge in [0.25, 0.3) is 0 Å². The summed E-state index contributed by atoms with van der Waals surface area (Å²) in [5.41, 5.74) is 3.67. The van der Waals surface area contributed by atoms with Crippen molar-refractivity contribution in [1.82, 2.24) is 5.32 Å². The van der Waals surface area contributed by atoms with Crippen LogP contribution in [0.1, 0.15) is 11.1 Å². The minimum Gasteiger partial charge on any atom is -0.326 e. The number of rotatable bonds is 5. The third-order valence-electron chi connectivity index (χ3n) is 5.32. The van der Waals surface area contributed by atoms with Crippen LogP contribution in [-0.4, -0.2) is 30.4 Å². The molecule has 0 aliphatic carbocycles. The molecule has 7 heteroatoms. The molecule has 3 N–H and O–H groups in total. The molecule has 1 aliphatic heterocycles. The summed E-state index contributed by atoms with van der Waals surface area (Å²) in [5.74, 6) is -0.617. The molecule has 1 atom stereocenters. The summed E-state index contributed by atoms with van der Waals surface area (Å²) in [6, 6.07) is 22.7. The van der Waals surface area contributed by atoms with Gasteiger partial charge in [-0.25, -0.2) is 4.79 Å². The molecular formula is C25H24N4O3. The molecule has 0 saturated carbocycles. The molecule has 4 amide bonds. The van der Waals surface area contributed by atoms with Gasteiger partial charge in [0.05, 0.1) is 11.4 Å². The zero-order chi connectivity index (χ0) is 22.5. The van der Waals surface area contributed by atoms with E-state index in [9.17, 15) is 14.4 Å². The van der Waals surface area contributed by atoms with Crippen molar-refractivity contribution in [3.8, 4) is 0 Å². The van der Waals surface area contributed by atoms with Crippen molar-refractivity contribution in [1.29, 1.82) is 0 Å². The molecule has 4 rings (SSSR count). The molecule has 0 bridgehead atoms. The Bertz CT molecular complexity index is 1150. The number of amides is 4. The van der Waals surface area contributed by atoms with Gasteiger partial charge < -0.3 is 16.0 Å². The summed E-state index contributed by atoms with van der Waals surface area (Å²) in [6.07, 6.45) is 0.311. The van der Waals surface area contributed by atoms with Gasteiger partial charge >= 0.3 is 6.03 Å². The van der Waals surface area contributed by atoms with Crippen LogP contribution >= 0.6 is 0 Å². The largest absolute Gasteiger partial charge is 0.326 e. The average molecular weight is 428 g/mol. The number of carbonyl (C=O) groups excluding carboxylic acids is 3. The highest BCUT2D eigenvalue weighted by molar-refractivity contribution is 6.10. The van der Waals surface area contributed by atoms with Crippen molar-refractivity contribution in [3.63, 3.8) is 0 Å². The molecule has 7 nitrogen and oxygen atoms in total. The molecule has 0 saturated heterocycles. The van der Waals surface area contributed by atoms with E-state index in [0.29, 0.717) is 23.5 Å². The Labute approximate surface area is 186 Å². The van der Waals surface area contributed by atoms with Crippen LogP contribution in [0.3, 0.4) is 0 Å². The van der Waals surface area contributed by atoms with Crippen LogP contribution in [-0.2, 0) is 16.0 Å². The molecule has 0 radical (unpaired) electrons. The summed E-state index contributed by atoms with van der Waals surface area (Å²) in [4.78, 5) is 39.8. The highest BCUT2D eigenvalue weighted by Gasteiger charge is 2.30. The first kappa shape index (κ1) is 21.1. The molecule has 1 aliphatic rings. The van der Waals surface area contributed by atoms with Crippen LogP contribution in [0, 0.1) is 6.92 Å². The number of aryl methyl sites for hydroxylation is 1. The minimum atomic E-state index is -0.832. The van der Waals surface area contributed by atoms with Gasteiger partial charge in [0.1, 0.15) is 12.6 Å². The Kier molecular flexibility index (Phi) is 6.17. The lowest BCUT2D eigenvalue weighted by Gasteiger charge is -2.30. The first-order chi connectivity index (χ1) is 15.5. The Morgan fingerprint density at radius 2 is 1.66 bits per heavy atom. The highest BCUT2D eigenvalue weighted by Crippen LogP contribution is 2.29. The first-order valence-corrected chi connectivity index (χ1v) is 10.4. The van der Waals surface area contributed by atoms with Crippen LogP contribution in [0.5, 0.6) is 0 Å². The van der Waals surface area contributed by atoms with Gasteiger partial charge in [-0.1, -0.05) is 60.7 Å². The number of fused-ring (bicyclic) bond motifs is 1. The third-order valence-corrected chi connectivity index (χ3v) is 5.32. The van der Waals surface area contributed by atoms with E-state index < -0.39 is 12.1 Å². The number of benzene rings is 3. The first-order valence-electron chi connectivity index (χ1n) is 10.4. The van der Waals surface area contributed by atoms with E-state index in [2.05, 4.69) is 16.0 Å². The SMILES string of the molecule is Cc1ccccc1NC(=O)C(Cc1ccccc1)NC(=O)N1CC(=O)Nc2ccccc21. The van der Waals surface area contributed by atoms with E-state index in [1.54, 1.807) is 24.3 Å². The quantitative estimate of drug-likeness (QED) is 0.579. The number of nitrogens with one attached hydrogen (secondary N) is 3. The Hall–Kier alpha value is -4.13. The lowest BCUT2D eigenvalue weighted by molar-refractivity contribution is -0.118. The van der Waals surface area contributed by atoms with Crippen LogP contribution in [0.25, 0.3) is 0 Å². The number of hydrogen-bond donors (Lipinski definition) is 3. The Morgan fingerprint density at radius 1 is 0.969 bits per heavy atom. The van der Waals surface area contributed by atoms with Crippen LogP contribution in [0.4, 0.5) is 21.9 Å². The Balaban J connectivity index is 1.57. The standard InChI is InChI=1S/C25H24N4O3/c1-17-9-5-6-12-19(17)27-24(31)21(15-18-10-3-2-4-11-18)28-25(32)29-16-23(30)26-20-13-7-8-14-22(20)29/h2-14,21H,15-16H2,1H3,(H,26,30)(H,27,31)(H,28,32). The van der Waals surface area contributed by atoms with E-state index in [1.807, 2.05) is 61.5 Å². The van der Waals surface area contributed by atoms with Gasteiger partial charge in [-0.2, -0.15) is 0 Å². The minimum absolute atomic E-state index is 0.125. The smallest absolute Gasteiger partial charge is 0.323 e.